The molecule has 0 saturated heterocycles. The van der Waals surface area contributed by atoms with Crippen LogP contribution in [0.1, 0.15) is 31.4 Å². The van der Waals surface area contributed by atoms with Crippen LogP contribution in [-0.2, 0) is 14.9 Å². The van der Waals surface area contributed by atoms with Crippen LogP contribution in [0.25, 0.3) is 0 Å². The fourth-order valence-electron chi connectivity index (χ4n) is 2.29. The fraction of sp³-hybridized carbons (Fsp3) is 0.533. The summed E-state index contributed by atoms with van der Waals surface area (Å²) < 4.78 is 25.3. The van der Waals surface area contributed by atoms with Crippen molar-refractivity contribution in [3.8, 4) is 0 Å². The summed E-state index contributed by atoms with van der Waals surface area (Å²) in [5.74, 6) is 0.110. The highest BCUT2D eigenvalue weighted by Crippen LogP contribution is 2.19. The first-order valence-corrected chi connectivity index (χ1v) is 8.84. The number of hydrogen-bond donors (Lipinski definition) is 0. The van der Waals surface area contributed by atoms with Gasteiger partial charge in [0.25, 0.3) is 0 Å². The topological polar surface area (TPSA) is 59.0 Å². The van der Waals surface area contributed by atoms with Crippen molar-refractivity contribution in [2.24, 2.45) is 5.16 Å². The van der Waals surface area contributed by atoms with Crippen molar-refractivity contribution in [1.29, 1.82) is 0 Å². The molecule has 1 aromatic carbocycles. The van der Waals surface area contributed by atoms with Gasteiger partial charge in [-0.25, -0.2) is 8.42 Å². The van der Waals surface area contributed by atoms with E-state index < -0.39 is 10.0 Å². The molecule has 5 nitrogen and oxygen atoms in total. The molecule has 1 aliphatic rings. The number of oxime groups is 1. The Bertz CT molecular complexity index is 608. The fourth-order valence-corrected chi connectivity index (χ4v) is 3.44. The third-order valence-corrected chi connectivity index (χ3v) is 5.56. The highest BCUT2D eigenvalue weighted by molar-refractivity contribution is 7.89. The van der Waals surface area contributed by atoms with Gasteiger partial charge in [0, 0.05) is 13.0 Å². The maximum absolute atomic E-state index is 11.9. The third-order valence-electron chi connectivity index (χ3n) is 3.64. The minimum absolute atomic E-state index is 0.110. The predicted molar refractivity (Wildman–Crippen MR) is 83.9 cm³/mol. The first-order chi connectivity index (χ1) is 9.96. The summed E-state index contributed by atoms with van der Waals surface area (Å²) in [6, 6.07) is 8.09. The van der Waals surface area contributed by atoms with Crippen LogP contribution in [-0.4, -0.2) is 43.4 Å². The summed E-state index contributed by atoms with van der Waals surface area (Å²) in [6.45, 7) is 6.33. The van der Waals surface area contributed by atoms with E-state index in [0.29, 0.717) is 19.5 Å². The molecule has 0 fully saturated rings. The van der Waals surface area contributed by atoms with E-state index in [-0.39, 0.29) is 11.9 Å². The van der Waals surface area contributed by atoms with Gasteiger partial charge in [-0.3, -0.25) is 0 Å². The van der Waals surface area contributed by atoms with Crippen molar-refractivity contribution in [3.63, 3.8) is 0 Å². The quantitative estimate of drug-likeness (QED) is 0.809. The molecule has 1 aromatic rings. The van der Waals surface area contributed by atoms with Crippen LogP contribution in [0, 0.1) is 6.92 Å². The van der Waals surface area contributed by atoms with E-state index in [1.54, 1.807) is 6.92 Å². The van der Waals surface area contributed by atoms with E-state index in [9.17, 15) is 8.42 Å². The zero-order valence-electron chi connectivity index (χ0n) is 12.7. The predicted octanol–water partition coefficient (Wildman–Crippen LogP) is 2.16. The summed E-state index contributed by atoms with van der Waals surface area (Å²) in [5.41, 5.74) is 3.11. The average Bonchev–Trinajstić information content (AvgIpc) is 2.94. The second-order valence-corrected chi connectivity index (χ2v) is 7.44. The minimum atomic E-state index is -3.18. The standard InChI is InChI=1S/C15H22N2O3S/c1-4-17(21(18,19)5-2)11-14-10-15(16-20-14)13-8-6-12(3)7-9-13/h6-9,14H,4-5,10-11H2,1-3H3. The Morgan fingerprint density at radius 3 is 2.52 bits per heavy atom. The highest BCUT2D eigenvalue weighted by atomic mass is 32.2. The molecule has 1 atom stereocenters. The molecule has 116 valence electrons. The summed E-state index contributed by atoms with van der Waals surface area (Å²) in [7, 11) is -3.18. The van der Waals surface area contributed by atoms with Gasteiger partial charge in [-0.05, 0) is 19.4 Å². The van der Waals surface area contributed by atoms with Gasteiger partial charge >= 0.3 is 0 Å². The maximum atomic E-state index is 11.9. The second kappa shape index (κ2) is 6.58. The molecule has 0 radical (unpaired) electrons. The van der Waals surface area contributed by atoms with Crippen LogP contribution in [0.2, 0.25) is 0 Å². The summed E-state index contributed by atoms with van der Waals surface area (Å²) in [5, 5.41) is 4.11. The Hall–Kier alpha value is -1.40. The zero-order chi connectivity index (χ0) is 15.5. The molecule has 0 aliphatic carbocycles. The van der Waals surface area contributed by atoms with E-state index in [1.165, 1.54) is 9.87 Å². The maximum Gasteiger partial charge on any atom is 0.213 e. The molecule has 21 heavy (non-hydrogen) atoms. The molecule has 0 amide bonds. The van der Waals surface area contributed by atoms with Gasteiger partial charge in [0.15, 0.2) is 0 Å². The Labute approximate surface area is 126 Å². The third kappa shape index (κ3) is 3.83. The van der Waals surface area contributed by atoms with Gasteiger partial charge in [-0.15, -0.1) is 0 Å². The molecule has 1 unspecified atom stereocenters. The van der Waals surface area contributed by atoms with Gasteiger partial charge < -0.3 is 4.84 Å². The number of aryl methyl sites for hydroxylation is 1. The summed E-state index contributed by atoms with van der Waals surface area (Å²) >= 11 is 0. The molecule has 1 heterocycles. The number of rotatable bonds is 6. The smallest absolute Gasteiger partial charge is 0.213 e. The Kier molecular flexibility index (Phi) is 5.00. The van der Waals surface area contributed by atoms with Crippen molar-refractivity contribution in [3.05, 3.63) is 35.4 Å². The molecule has 2 rings (SSSR count). The SMILES string of the molecule is CCN(CC1CC(c2ccc(C)cc2)=NO1)S(=O)(=O)CC. The van der Waals surface area contributed by atoms with Crippen LogP contribution in [0.15, 0.2) is 29.4 Å². The molecule has 1 aliphatic heterocycles. The van der Waals surface area contributed by atoms with Crippen molar-refractivity contribution >= 4 is 15.7 Å². The highest BCUT2D eigenvalue weighted by Gasteiger charge is 2.28. The lowest BCUT2D eigenvalue weighted by Crippen LogP contribution is -2.38. The monoisotopic (exact) mass is 310 g/mol. The van der Waals surface area contributed by atoms with Gasteiger partial charge in [0.2, 0.25) is 10.0 Å². The van der Waals surface area contributed by atoms with Gasteiger partial charge in [0.1, 0.15) is 6.10 Å². The Balaban J connectivity index is 2.00. The lowest BCUT2D eigenvalue weighted by molar-refractivity contribution is 0.0712. The van der Waals surface area contributed by atoms with Crippen molar-refractivity contribution in [2.75, 3.05) is 18.8 Å². The van der Waals surface area contributed by atoms with Gasteiger partial charge in [-0.2, -0.15) is 4.31 Å². The Morgan fingerprint density at radius 2 is 1.95 bits per heavy atom. The number of sulfonamides is 1. The lowest BCUT2D eigenvalue weighted by atomic mass is 10.0. The number of hydrogen-bond acceptors (Lipinski definition) is 4. The lowest BCUT2D eigenvalue weighted by Gasteiger charge is -2.21. The molecule has 0 spiro atoms. The van der Waals surface area contributed by atoms with Crippen LogP contribution < -0.4 is 0 Å². The summed E-state index contributed by atoms with van der Waals surface area (Å²) in [6.07, 6.45) is 0.432. The number of likely N-dealkylation sites (N-methyl/N-ethyl adjacent to an activating group) is 1. The Morgan fingerprint density at radius 1 is 1.29 bits per heavy atom. The first kappa shape index (κ1) is 16.0. The van der Waals surface area contributed by atoms with Crippen molar-refractivity contribution in [1.82, 2.24) is 4.31 Å². The normalized spacial score (nSPS) is 18.7. The zero-order valence-corrected chi connectivity index (χ0v) is 13.6. The molecular weight excluding hydrogens is 288 g/mol. The molecule has 0 saturated carbocycles. The van der Waals surface area contributed by atoms with Crippen LogP contribution >= 0.6 is 0 Å². The first-order valence-electron chi connectivity index (χ1n) is 7.23. The van der Waals surface area contributed by atoms with E-state index in [0.717, 1.165) is 11.3 Å². The molecular formula is C15H22N2O3S. The summed E-state index contributed by atoms with van der Waals surface area (Å²) in [4.78, 5) is 5.40. The molecule has 6 heteroatoms. The second-order valence-electron chi connectivity index (χ2n) is 5.19. The minimum Gasteiger partial charge on any atom is -0.390 e. The van der Waals surface area contributed by atoms with Crippen molar-refractivity contribution in [2.45, 2.75) is 33.3 Å². The number of benzene rings is 1. The van der Waals surface area contributed by atoms with Crippen LogP contribution in [0.3, 0.4) is 0 Å². The van der Waals surface area contributed by atoms with E-state index in [2.05, 4.69) is 5.16 Å². The van der Waals surface area contributed by atoms with E-state index in [4.69, 9.17) is 4.84 Å². The molecule has 0 bridgehead atoms. The molecule has 0 aromatic heterocycles. The van der Waals surface area contributed by atoms with E-state index >= 15 is 0 Å². The largest absolute Gasteiger partial charge is 0.390 e. The van der Waals surface area contributed by atoms with Crippen LogP contribution in [0.4, 0.5) is 0 Å². The number of nitrogens with zero attached hydrogens (tertiary/aromatic N) is 2. The van der Waals surface area contributed by atoms with Crippen molar-refractivity contribution < 1.29 is 13.3 Å². The average molecular weight is 310 g/mol. The molecule has 0 N–H and O–H groups in total. The van der Waals surface area contributed by atoms with Gasteiger partial charge in [-0.1, -0.05) is 41.9 Å². The van der Waals surface area contributed by atoms with E-state index in [1.807, 2.05) is 38.1 Å². The van der Waals surface area contributed by atoms with Gasteiger partial charge in [0.05, 0.1) is 18.0 Å². The van der Waals surface area contributed by atoms with Crippen LogP contribution in [0.5, 0.6) is 0 Å².